The average molecular weight is 408 g/mol. The van der Waals surface area contributed by atoms with Crippen molar-refractivity contribution in [2.75, 3.05) is 0 Å². The second kappa shape index (κ2) is 7.92. The monoisotopic (exact) mass is 407 g/mol. The maximum absolute atomic E-state index is 14.0. The molecule has 1 aliphatic carbocycles. The van der Waals surface area contributed by atoms with Crippen molar-refractivity contribution in [2.45, 2.75) is 39.0 Å². The van der Waals surface area contributed by atoms with E-state index in [0.717, 1.165) is 65.4 Å². The fraction of sp³-hybridized carbons (Fsp3) is 0.259. The Balaban J connectivity index is 1.87. The van der Waals surface area contributed by atoms with Crippen molar-refractivity contribution in [1.82, 2.24) is 14.3 Å². The fourth-order valence-electron chi connectivity index (χ4n) is 4.77. The first-order chi connectivity index (χ1) is 15.2. The van der Waals surface area contributed by atoms with Crippen LogP contribution in [-0.2, 0) is 26.3 Å². The van der Waals surface area contributed by atoms with Crippen LogP contribution in [0.2, 0.25) is 0 Å². The van der Waals surface area contributed by atoms with Crippen LogP contribution in [0.25, 0.3) is 16.5 Å². The largest absolute Gasteiger partial charge is 0.280 e. The number of hydrogen-bond acceptors (Lipinski definition) is 2. The third-order valence-electron chi connectivity index (χ3n) is 6.15. The van der Waals surface area contributed by atoms with E-state index in [0.29, 0.717) is 0 Å². The lowest BCUT2D eigenvalue weighted by molar-refractivity contribution is 0.740. The summed E-state index contributed by atoms with van der Waals surface area (Å²) in [4.78, 5) is 14.0. The van der Waals surface area contributed by atoms with E-state index in [1.807, 2.05) is 54.2 Å². The van der Waals surface area contributed by atoms with Gasteiger partial charge >= 0.3 is 0 Å². The van der Waals surface area contributed by atoms with Gasteiger partial charge in [-0.1, -0.05) is 43.0 Å². The Morgan fingerprint density at radius 3 is 2.55 bits per heavy atom. The van der Waals surface area contributed by atoms with Gasteiger partial charge in [-0.2, -0.15) is 5.10 Å². The topological polar surface area (TPSA) is 39.8 Å². The number of pyridine rings is 1. The predicted octanol–water partition coefficient (Wildman–Crippen LogP) is 4.57. The Bertz CT molecular complexity index is 1400. The smallest absolute Gasteiger partial charge is 0.264 e. The maximum atomic E-state index is 14.0. The maximum Gasteiger partial charge on any atom is 0.264 e. The van der Waals surface area contributed by atoms with Crippen molar-refractivity contribution < 1.29 is 0 Å². The van der Waals surface area contributed by atoms with Gasteiger partial charge in [-0.25, -0.2) is 0 Å². The molecule has 2 aromatic heterocycles. The molecule has 5 rings (SSSR count). The minimum Gasteiger partial charge on any atom is -0.280 e. The molecule has 1 aliphatic rings. The van der Waals surface area contributed by atoms with Crippen molar-refractivity contribution in [1.29, 1.82) is 0 Å². The molecule has 0 unspecified atom stereocenters. The van der Waals surface area contributed by atoms with Crippen LogP contribution in [0.3, 0.4) is 0 Å². The highest BCUT2D eigenvalue weighted by Gasteiger charge is 2.22. The van der Waals surface area contributed by atoms with Gasteiger partial charge in [0.25, 0.3) is 5.56 Å². The molecule has 2 aromatic carbocycles. The molecule has 0 aliphatic heterocycles. The predicted molar refractivity (Wildman–Crippen MR) is 125 cm³/mol. The normalized spacial score (nSPS) is 13.0. The molecule has 4 aromatic rings. The summed E-state index contributed by atoms with van der Waals surface area (Å²) >= 11 is 0. The summed E-state index contributed by atoms with van der Waals surface area (Å²) < 4.78 is 3.66. The molecule has 31 heavy (non-hydrogen) atoms. The van der Waals surface area contributed by atoms with Crippen LogP contribution in [0.1, 0.15) is 47.7 Å². The summed E-state index contributed by atoms with van der Waals surface area (Å²) in [6.45, 7) is 2.15. The van der Waals surface area contributed by atoms with Crippen LogP contribution in [-0.4, -0.2) is 14.3 Å². The van der Waals surface area contributed by atoms with Crippen LogP contribution < -0.4 is 5.56 Å². The number of hydrogen-bond donors (Lipinski definition) is 0. The summed E-state index contributed by atoms with van der Waals surface area (Å²) in [5, 5.41) is 6.10. The van der Waals surface area contributed by atoms with E-state index in [1.54, 1.807) is 10.9 Å². The van der Waals surface area contributed by atoms with Crippen LogP contribution in [0.4, 0.5) is 0 Å². The van der Waals surface area contributed by atoms with E-state index in [9.17, 15) is 4.79 Å². The lowest BCUT2D eigenvalue weighted by Crippen LogP contribution is -2.25. The molecule has 0 bridgehead atoms. The van der Waals surface area contributed by atoms with Crippen molar-refractivity contribution in [3.63, 3.8) is 0 Å². The number of rotatable bonds is 2. The van der Waals surface area contributed by atoms with Crippen LogP contribution in [0, 0.1) is 11.8 Å². The Morgan fingerprint density at radius 2 is 1.81 bits per heavy atom. The summed E-state index contributed by atoms with van der Waals surface area (Å²) in [5.74, 6) is 6.48. The third kappa shape index (κ3) is 3.37. The van der Waals surface area contributed by atoms with Gasteiger partial charge in [0.15, 0.2) is 0 Å². The van der Waals surface area contributed by atoms with Gasteiger partial charge in [0, 0.05) is 30.2 Å². The zero-order valence-electron chi connectivity index (χ0n) is 18.0. The third-order valence-corrected chi connectivity index (χ3v) is 6.15. The molecule has 0 atom stereocenters. The number of nitrogens with zero attached hydrogens (tertiary/aromatic N) is 3. The molecule has 154 valence electrons. The first kappa shape index (κ1) is 19.4. The SMILES string of the molecule is CCc1c2c3c(ccc(C#Cc4cnn(C)c4)c3c(=O)n1-c1ccccc1)CCCC2. The molecular weight excluding hydrogens is 382 g/mol. The second-order valence-corrected chi connectivity index (χ2v) is 8.14. The molecule has 0 radical (unpaired) electrons. The van der Waals surface area contributed by atoms with Gasteiger partial charge in [0.1, 0.15) is 0 Å². The molecule has 0 amide bonds. The molecule has 0 N–H and O–H groups in total. The zero-order valence-corrected chi connectivity index (χ0v) is 18.0. The number of aromatic nitrogens is 3. The molecule has 4 heteroatoms. The van der Waals surface area contributed by atoms with E-state index in [2.05, 4.69) is 29.9 Å². The first-order valence-electron chi connectivity index (χ1n) is 11.0. The highest BCUT2D eigenvalue weighted by Crippen LogP contribution is 2.32. The minimum atomic E-state index is 0.0287. The van der Waals surface area contributed by atoms with Gasteiger partial charge in [-0.15, -0.1) is 0 Å². The van der Waals surface area contributed by atoms with Crippen LogP contribution in [0.15, 0.2) is 59.7 Å². The summed E-state index contributed by atoms with van der Waals surface area (Å²) in [6.07, 6.45) is 8.76. The van der Waals surface area contributed by atoms with Crippen molar-refractivity contribution >= 4 is 10.8 Å². The average Bonchev–Trinajstić information content (AvgIpc) is 3.09. The first-order valence-corrected chi connectivity index (χ1v) is 11.0. The minimum absolute atomic E-state index is 0.0287. The summed E-state index contributed by atoms with van der Waals surface area (Å²) in [5.41, 5.74) is 6.31. The highest BCUT2D eigenvalue weighted by atomic mass is 16.1. The van der Waals surface area contributed by atoms with Gasteiger partial charge in [0.05, 0.1) is 17.1 Å². The van der Waals surface area contributed by atoms with E-state index < -0.39 is 0 Å². The number of para-hydroxylation sites is 1. The number of benzene rings is 2. The van der Waals surface area contributed by atoms with Crippen molar-refractivity contribution in [2.24, 2.45) is 7.05 Å². The second-order valence-electron chi connectivity index (χ2n) is 8.14. The standard InChI is InChI=1S/C27H25N3O/c1-3-24-23-12-8-7-9-20-15-16-21(14-13-19-17-28-29(2)18-19)26(25(20)23)27(31)30(24)22-10-5-4-6-11-22/h4-6,10-11,15-18H,3,7-9,12H2,1-2H3. The molecule has 0 saturated heterocycles. The van der Waals surface area contributed by atoms with Crippen molar-refractivity contribution in [3.8, 4) is 17.5 Å². The molecule has 4 nitrogen and oxygen atoms in total. The zero-order chi connectivity index (χ0) is 21.4. The van der Waals surface area contributed by atoms with Crippen LogP contribution in [0.5, 0.6) is 0 Å². The van der Waals surface area contributed by atoms with Gasteiger partial charge in [-0.05, 0) is 66.8 Å². The highest BCUT2D eigenvalue weighted by molar-refractivity contribution is 5.94. The van der Waals surface area contributed by atoms with E-state index in [1.165, 1.54) is 11.1 Å². The Kier molecular flexibility index (Phi) is 4.95. The van der Waals surface area contributed by atoms with Crippen LogP contribution >= 0.6 is 0 Å². The number of aryl methyl sites for hydroxylation is 3. The van der Waals surface area contributed by atoms with E-state index in [-0.39, 0.29) is 5.56 Å². The van der Waals surface area contributed by atoms with E-state index >= 15 is 0 Å². The molecule has 0 fully saturated rings. The Labute approximate surface area is 182 Å². The fourth-order valence-corrected chi connectivity index (χ4v) is 4.77. The summed E-state index contributed by atoms with van der Waals surface area (Å²) in [7, 11) is 1.88. The summed E-state index contributed by atoms with van der Waals surface area (Å²) in [6, 6.07) is 14.2. The Hall–Kier alpha value is -3.58. The van der Waals surface area contributed by atoms with Crippen molar-refractivity contribution in [3.05, 3.63) is 93.2 Å². The lowest BCUT2D eigenvalue weighted by atomic mass is 9.93. The Morgan fingerprint density at radius 1 is 1.00 bits per heavy atom. The lowest BCUT2D eigenvalue weighted by Gasteiger charge is -2.20. The molecule has 2 heterocycles. The quantitative estimate of drug-likeness (QED) is 0.457. The van der Waals surface area contributed by atoms with Gasteiger partial charge in [0.2, 0.25) is 0 Å². The molecule has 0 spiro atoms. The van der Waals surface area contributed by atoms with Gasteiger partial charge in [-0.3, -0.25) is 14.0 Å². The molecular formula is C27H25N3O. The molecule has 0 saturated carbocycles. The van der Waals surface area contributed by atoms with Gasteiger partial charge < -0.3 is 0 Å². The van der Waals surface area contributed by atoms with E-state index in [4.69, 9.17) is 0 Å².